The van der Waals surface area contributed by atoms with Gasteiger partial charge in [-0.1, -0.05) is 23.4 Å². The molecular formula is C20H17FN2O4. The van der Waals surface area contributed by atoms with E-state index in [0.29, 0.717) is 24.7 Å². The second kappa shape index (κ2) is 7.11. The Hall–Kier alpha value is -3.35. The van der Waals surface area contributed by atoms with Gasteiger partial charge in [0.2, 0.25) is 0 Å². The van der Waals surface area contributed by atoms with Crippen molar-refractivity contribution in [1.29, 1.82) is 0 Å². The minimum absolute atomic E-state index is 0.0812. The number of aromatic nitrogens is 1. The number of nitrogens with one attached hydrogen (secondary N) is 1. The lowest BCUT2D eigenvalue weighted by Gasteiger charge is -2.20. The number of ether oxygens (including phenoxy) is 2. The summed E-state index contributed by atoms with van der Waals surface area (Å²) in [6.45, 7) is 2.87. The first-order valence-electron chi connectivity index (χ1n) is 8.54. The first-order chi connectivity index (χ1) is 13.1. The Morgan fingerprint density at radius 3 is 2.70 bits per heavy atom. The van der Waals surface area contributed by atoms with Crippen LogP contribution < -0.4 is 14.8 Å². The van der Waals surface area contributed by atoms with Crippen molar-refractivity contribution in [3.8, 4) is 22.8 Å². The maximum Gasteiger partial charge on any atom is 0.273 e. The molecule has 1 aliphatic rings. The number of amides is 1. The highest BCUT2D eigenvalue weighted by Crippen LogP contribution is 2.32. The Bertz CT molecular complexity index is 986. The van der Waals surface area contributed by atoms with Crippen molar-refractivity contribution < 1.29 is 23.2 Å². The molecule has 1 aliphatic heterocycles. The Morgan fingerprint density at radius 2 is 1.89 bits per heavy atom. The summed E-state index contributed by atoms with van der Waals surface area (Å²) in [5.41, 5.74) is 1.20. The van der Waals surface area contributed by atoms with Crippen LogP contribution >= 0.6 is 0 Å². The molecule has 0 spiro atoms. The van der Waals surface area contributed by atoms with E-state index in [1.807, 2.05) is 25.1 Å². The summed E-state index contributed by atoms with van der Waals surface area (Å²) < 4.78 is 30.0. The number of hydrogen-bond acceptors (Lipinski definition) is 5. The predicted octanol–water partition coefficient (Wildman–Crippen LogP) is 3.74. The third-order valence-corrected chi connectivity index (χ3v) is 4.30. The van der Waals surface area contributed by atoms with Gasteiger partial charge in [0.25, 0.3) is 5.91 Å². The zero-order valence-electron chi connectivity index (χ0n) is 14.6. The van der Waals surface area contributed by atoms with Gasteiger partial charge >= 0.3 is 0 Å². The minimum atomic E-state index is -0.440. The van der Waals surface area contributed by atoms with E-state index in [-0.39, 0.29) is 23.1 Å². The van der Waals surface area contributed by atoms with Crippen LogP contribution in [0, 0.1) is 5.82 Å². The number of fused-ring (bicyclic) bond motifs is 1. The average molecular weight is 368 g/mol. The van der Waals surface area contributed by atoms with Crippen LogP contribution in [0.2, 0.25) is 0 Å². The van der Waals surface area contributed by atoms with E-state index < -0.39 is 11.7 Å². The maximum absolute atomic E-state index is 13.8. The highest BCUT2D eigenvalue weighted by molar-refractivity contribution is 5.93. The molecule has 1 N–H and O–H groups in total. The third kappa shape index (κ3) is 3.48. The number of benzene rings is 2. The van der Waals surface area contributed by atoms with Crippen LogP contribution in [0.15, 0.2) is 53.1 Å². The molecule has 0 aliphatic carbocycles. The van der Waals surface area contributed by atoms with Crippen LogP contribution in [-0.4, -0.2) is 24.3 Å². The second-order valence-corrected chi connectivity index (χ2v) is 6.15. The SMILES string of the molecule is CC(NC(=O)c1cc(-c2ccccc2F)on1)c1ccc2c(c1)OCCO2. The van der Waals surface area contributed by atoms with Crippen molar-refractivity contribution in [3.63, 3.8) is 0 Å². The number of nitrogens with zero attached hydrogens (tertiary/aromatic N) is 1. The van der Waals surface area contributed by atoms with E-state index >= 15 is 0 Å². The molecule has 2 heterocycles. The second-order valence-electron chi connectivity index (χ2n) is 6.15. The van der Waals surface area contributed by atoms with E-state index in [2.05, 4.69) is 10.5 Å². The van der Waals surface area contributed by atoms with Gasteiger partial charge in [-0.15, -0.1) is 0 Å². The molecule has 1 unspecified atom stereocenters. The largest absolute Gasteiger partial charge is 0.486 e. The average Bonchev–Trinajstić information content (AvgIpc) is 3.18. The van der Waals surface area contributed by atoms with Gasteiger partial charge in [-0.3, -0.25) is 4.79 Å². The van der Waals surface area contributed by atoms with Crippen molar-refractivity contribution in [3.05, 3.63) is 65.6 Å². The quantitative estimate of drug-likeness (QED) is 0.759. The number of halogens is 1. The van der Waals surface area contributed by atoms with E-state index in [1.54, 1.807) is 18.2 Å². The van der Waals surface area contributed by atoms with Crippen LogP contribution in [0.4, 0.5) is 4.39 Å². The van der Waals surface area contributed by atoms with Gasteiger partial charge in [0, 0.05) is 6.07 Å². The molecule has 4 rings (SSSR count). The molecule has 0 saturated heterocycles. The number of carbonyl (C=O) groups excluding carboxylic acids is 1. The van der Waals surface area contributed by atoms with Crippen LogP contribution in [0.1, 0.15) is 29.0 Å². The third-order valence-electron chi connectivity index (χ3n) is 4.30. The molecule has 7 heteroatoms. The molecule has 138 valence electrons. The predicted molar refractivity (Wildman–Crippen MR) is 95.2 cm³/mol. The van der Waals surface area contributed by atoms with Gasteiger partial charge in [-0.05, 0) is 36.8 Å². The molecule has 0 saturated carbocycles. The summed E-state index contributed by atoms with van der Waals surface area (Å²) >= 11 is 0. The van der Waals surface area contributed by atoms with E-state index in [9.17, 15) is 9.18 Å². The van der Waals surface area contributed by atoms with Crippen LogP contribution in [0.5, 0.6) is 11.5 Å². The van der Waals surface area contributed by atoms with E-state index in [1.165, 1.54) is 12.1 Å². The van der Waals surface area contributed by atoms with Crippen molar-refractivity contribution >= 4 is 5.91 Å². The molecule has 0 bridgehead atoms. The van der Waals surface area contributed by atoms with Crippen LogP contribution in [0.25, 0.3) is 11.3 Å². The fourth-order valence-corrected chi connectivity index (χ4v) is 2.85. The van der Waals surface area contributed by atoms with Gasteiger partial charge in [0.1, 0.15) is 19.0 Å². The fraction of sp³-hybridized carbons (Fsp3) is 0.200. The van der Waals surface area contributed by atoms with Crippen molar-refractivity contribution in [2.75, 3.05) is 13.2 Å². The Labute approximate surface area is 154 Å². The zero-order valence-corrected chi connectivity index (χ0v) is 14.6. The highest BCUT2D eigenvalue weighted by atomic mass is 19.1. The Balaban J connectivity index is 1.48. The molecule has 6 nitrogen and oxygen atoms in total. The lowest BCUT2D eigenvalue weighted by atomic mass is 10.1. The van der Waals surface area contributed by atoms with Gasteiger partial charge in [-0.2, -0.15) is 0 Å². The summed E-state index contributed by atoms with van der Waals surface area (Å²) in [5, 5.41) is 6.60. The zero-order chi connectivity index (χ0) is 18.8. The van der Waals surface area contributed by atoms with Gasteiger partial charge < -0.3 is 19.3 Å². The normalized spacial score (nSPS) is 13.9. The molecule has 1 amide bonds. The highest BCUT2D eigenvalue weighted by Gasteiger charge is 2.19. The number of hydrogen-bond donors (Lipinski definition) is 1. The monoisotopic (exact) mass is 368 g/mol. The number of rotatable bonds is 4. The van der Waals surface area contributed by atoms with Crippen molar-refractivity contribution in [2.24, 2.45) is 0 Å². The molecular weight excluding hydrogens is 351 g/mol. The smallest absolute Gasteiger partial charge is 0.273 e. The van der Waals surface area contributed by atoms with Gasteiger partial charge in [-0.25, -0.2) is 4.39 Å². The fourth-order valence-electron chi connectivity index (χ4n) is 2.85. The molecule has 0 fully saturated rings. The minimum Gasteiger partial charge on any atom is -0.486 e. The van der Waals surface area contributed by atoms with Crippen LogP contribution in [0.3, 0.4) is 0 Å². The van der Waals surface area contributed by atoms with E-state index in [4.69, 9.17) is 14.0 Å². The lowest BCUT2D eigenvalue weighted by Crippen LogP contribution is -2.27. The summed E-state index contributed by atoms with van der Waals surface area (Å²) in [6, 6.07) is 12.8. The standard InChI is InChI=1S/C20H17FN2O4/c1-12(13-6-7-17-19(10-13)26-9-8-25-17)22-20(24)16-11-18(27-23-16)14-4-2-3-5-15(14)21/h2-7,10-12H,8-9H2,1H3,(H,22,24). The van der Waals surface area contributed by atoms with Gasteiger partial charge in [0.15, 0.2) is 23.0 Å². The van der Waals surface area contributed by atoms with Crippen molar-refractivity contribution in [1.82, 2.24) is 10.5 Å². The summed E-state index contributed by atoms with van der Waals surface area (Å²) in [6.07, 6.45) is 0. The summed E-state index contributed by atoms with van der Waals surface area (Å²) in [5.74, 6) is 0.692. The summed E-state index contributed by atoms with van der Waals surface area (Å²) in [7, 11) is 0. The topological polar surface area (TPSA) is 73.6 Å². The molecule has 1 atom stereocenters. The molecule has 3 aromatic rings. The van der Waals surface area contributed by atoms with Crippen LogP contribution in [-0.2, 0) is 0 Å². The maximum atomic E-state index is 13.8. The lowest BCUT2D eigenvalue weighted by molar-refractivity contribution is 0.0930. The van der Waals surface area contributed by atoms with Crippen molar-refractivity contribution in [2.45, 2.75) is 13.0 Å². The molecule has 2 aromatic carbocycles. The molecule has 1 aromatic heterocycles. The number of carbonyl (C=O) groups is 1. The Morgan fingerprint density at radius 1 is 1.11 bits per heavy atom. The van der Waals surface area contributed by atoms with Gasteiger partial charge in [0.05, 0.1) is 11.6 Å². The summed E-state index contributed by atoms with van der Waals surface area (Å²) in [4.78, 5) is 12.5. The van der Waals surface area contributed by atoms with E-state index in [0.717, 1.165) is 5.56 Å². The molecule has 27 heavy (non-hydrogen) atoms. The first kappa shape index (κ1) is 17.1. The Kier molecular flexibility index (Phi) is 4.50. The first-order valence-corrected chi connectivity index (χ1v) is 8.54. The molecule has 0 radical (unpaired) electrons.